The van der Waals surface area contributed by atoms with Gasteiger partial charge in [-0.25, -0.2) is 0 Å². The average Bonchev–Trinajstić information content (AvgIpc) is 2.32. The van der Waals surface area contributed by atoms with Gasteiger partial charge in [-0.2, -0.15) is 0 Å². The van der Waals surface area contributed by atoms with Crippen molar-refractivity contribution in [3.05, 3.63) is 64.2 Å². The van der Waals surface area contributed by atoms with E-state index < -0.39 is 0 Å². The molecule has 0 saturated heterocycles. The summed E-state index contributed by atoms with van der Waals surface area (Å²) in [6.45, 7) is 1.98. The van der Waals surface area contributed by atoms with E-state index in [0.717, 1.165) is 11.1 Å². The first-order chi connectivity index (χ1) is 8.59. The summed E-state index contributed by atoms with van der Waals surface area (Å²) in [7, 11) is 0. The number of nitrogen functional groups attached to an aromatic ring is 1. The predicted octanol–water partition coefficient (Wildman–Crippen LogP) is 3.66. The molecule has 18 heavy (non-hydrogen) atoms. The van der Waals surface area contributed by atoms with Crippen molar-refractivity contribution < 1.29 is 4.79 Å². The monoisotopic (exact) mass is 259 g/mol. The number of hydrogen-bond donors (Lipinski definition) is 1. The van der Waals surface area contributed by atoms with E-state index in [0.29, 0.717) is 22.7 Å². The number of rotatable bonds is 3. The zero-order chi connectivity index (χ0) is 13.1. The fraction of sp³-hybridized carbons (Fsp3) is 0.133. The molecular weight excluding hydrogens is 246 g/mol. The van der Waals surface area contributed by atoms with Gasteiger partial charge in [-0.05, 0) is 30.2 Å². The molecule has 0 aliphatic heterocycles. The van der Waals surface area contributed by atoms with Crippen LogP contribution in [0, 0.1) is 6.92 Å². The standard InChI is InChI=1S/C15H14ClNO/c1-10-5-2-3-6-11(10)9-14(18)15-12(16)7-4-8-13(15)17/h2-8H,9,17H2,1H3. The Morgan fingerprint density at radius 2 is 1.89 bits per heavy atom. The lowest BCUT2D eigenvalue weighted by Crippen LogP contribution is -2.08. The molecule has 0 aromatic heterocycles. The van der Waals surface area contributed by atoms with Gasteiger partial charge in [0, 0.05) is 12.1 Å². The van der Waals surface area contributed by atoms with Crippen LogP contribution in [0.1, 0.15) is 21.5 Å². The maximum Gasteiger partial charge on any atom is 0.170 e. The largest absolute Gasteiger partial charge is 0.398 e. The lowest BCUT2D eigenvalue weighted by Gasteiger charge is -2.08. The molecule has 2 aromatic carbocycles. The van der Waals surface area contributed by atoms with Crippen LogP contribution in [0.4, 0.5) is 5.69 Å². The highest BCUT2D eigenvalue weighted by atomic mass is 35.5. The molecule has 0 bridgehead atoms. The summed E-state index contributed by atoms with van der Waals surface area (Å²) in [5, 5.41) is 0.411. The van der Waals surface area contributed by atoms with Crippen molar-refractivity contribution in [1.29, 1.82) is 0 Å². The third kappa shape index (κ3) is 2.54. The minimum Gasteiger partial charge on any atom is -0.398 e. The lowest BCUT2D eigenvalue weighted by atomic mass is 9.98. The Balaban J connectivity index is 2.31. The molecule has 92 valence electrons. The van der Waals surface area contributed by atoms with Gasteiger partial charge in [0.2, 0.25) is 0 Å². The lowest BCUT2D eigenvalue weighted by molar-refractivity contribution is 0.0994. The molecule has 0 fully saturated rings. The van der Waals surface area contributed by atoms with Crippen molar-refractivity contribution >= 4 is 23.1 Å². The Labute approximate surface area is 111 Å². The molecule has 2 rings (SSSR count). The number of halogens is 1. The number of Topliss-reactive ketones (excluding diaryl/α,β-unsaturated/α-hetero) is 1. The fourth-order valence-corrected chi connectivity index (χ4v) is 2.19. The van der Waals surface area contributed by atoms with E-state index >= 15 is 0 Å². The molecule has 0 aliphatic carbocycles. The first-order valence-electron chi connectivity index (χ1n) is 5.71. The Morgan fingerprint density at radius 3 is 2.56 bits per heavy atom. The number of carbonyl (C=O) groups is 1. The van der Waals surface area contributed by atoms with Gasteiger partial charge in [-0.15, -0.1) is 0 Å². The molecule has 0 heterocycles. The van der Waals surface area contributed by atoms with Crippen LogP contribution in [0.5, 0.6) is 0 Å². The van der Waals surface area contributed by atoms with Crippen molar-refractivity contribution in [2.75, 3.05) is 5.73 Å². The van der Waals surface area contributed by atoms with Gasteiger partial charge < -0.3 is 5.73 Å². The Hall–Kier alpha value is -1.80. The molecule has 0 unspecified atom stereocenters. The smallest absolute Gasteiger partial charge is 0.170 e. The maximum atomic E-state index is 12.2. The second-order valence-corrected chi connectivity index (χ2v) is 4.64. The van der Waals surface area contributed by atoms with E-state index in [1.807, 2.05) is 31.2 Å². The first-order valence-corrected chi connectivity index (χ1v) is 6.09. The Kier molecular flexibility index (Phi) is 3.68. The summed E-state index contributed by atoms with van der Waals surface area (Å²) in [5.74, 6) is -0.0487. The summed E-state index contributed by atoms with van der Waals surface area (Å²) in [4.78, 5) is 12.2. The molecule has 2 aromatic rings. The van der Waals surface area contributed by atoms with Crippen LogP contribution in [0.3, 0.4) is 0 Å². The zero-order valence-corrected chi connectivity index (χ0v) is 10.9. The molecule has 2 nitrogen and oxygen atoms in total. The molecule has 0 radical (unpaired) electrons. The molecular formula is C15H14ClNO. The minimum absolute atomic E-state index is 0.0487. The highest BCUT2D eigenvalue weighted by Gasteiger charge is 2.14. The van der Waals surface area contributed by atoms with E-state index in [-0.39, 0.29) is 5.78 Å². The Morgan fingerprint density at radius 1 is 1.17 bits per heavy atom. The van der Waals surface area contributed by atoms with Gasteiger partial charge in [0.25, 0.3) is 0 Å². The van der Waals surface area contributed by atoms with Crippen LogP contribution in [-0.2, 0) is 6.42 Å². The number of anilines is 1. The second kappa shape index (κ2) is 5.23. The second-order valence-electron chi connectivity index (χ2n) is 4.23. The summed E-state index contributed by atoms with van der Waals surface area (Å²) in [5.41, 5.74) is 8.75. The van der Waals surface area contributed by atoms with Crippen LogP contribution < -0.4 is 5.73 Å². The molecule has 0 amide bonds. The quantitative estimate of drug-likeness (QED) is 0.675. The molecule has 0 aliphatic rings. The summed E-state index contributed by atoms with van der Waals surface area (Å²) >= 11 is 6.03. The van der Waals surface area contributed by atoms with E-state index in [1.54, 1.807) is 18.2 Å². The Bertz CT molecular complexity index is 573. The van der Waals surface area contributed by atoms with Crippen LogP contribution in [-0.4, -0.2) is 5.78 Å². The van der Waals surface area contributed by atoms with Gasteiger partial charge >= 0.3 is 0 Å². The fourth-order valence-electron chi connectivity index (χ4n) is 1.90. The number of benzene rings is 2. The highest BCUT2D eigenvalue weighted by Crippen LogP contribution is 2.24. The predicted molar refractivity (Wildman–Crippen MR) is 75.1 cm³/mol. The molecule has 3 heteroatoms. The van der Waals surface area contributed by atoms with Gasteiger partial charge in [0.15, 0.2) is 5.78 Å². The van der Waals surface area contributed by atoms with Gasteiger partial charge in [0.05, 0.1) is 10.6 Å². The van der Waals surface area contributed by atoms with Crippen molar-refractivity contribution in [3.63, 3.8) is 0 Å². The number of hydrogen-bond acceptors (Lipinski definition) is 2. The summed E-state index contributed by atoms with van der Waals surface area (Å²) in [6.07, 6.45) is 0.320. The van der Waals surface area contributed by atoms with Crippen LogP contribution >= 0.6 is 11.6 Å². The number of ketones is 1. The van der Waals surface area contributed by atoms with Crippen LogP contribution in [0.15, 0.2) is 42.5 Å². The maximum absolute atomic E-state index is 12.2. The van der Waals surface area contributed by atoms with Gasteiger partial charge in [-0.3, -0.25) is 4.79 Å². The third-order valence-corrected chi connectivity index (χ3v) is 3.25. The van der Waals surface area contributed by atoms with Crippen molar-refractivity contribution in [2.24, 2.45) is 0 Å². The SMILES string of the molecule is Cc1ccccc1CC(=O)c1c(N)cccc1Cl. The van der Waals surface area contributed by atoms with E-state index in [9.17, 15) is 4.79 Å². The van der Waals surface area contributed by atoms with Crippen molar-refractivity contribution in [2.45, 2.75) is 13.3 Å². The molecule has 0 atom stereocenters. The minimum atomic E-state index is -0.0487. The normalized spacial score (nSPS) is 10.3. The molecule has 0 saturated carbocycles. The van der Waals surface area contributed by atoms with E-state index in [4.69, 9.17) is 17.3 Å². The first kappa shape index (κ1) is 12.7. The molecule has 0 spiro atoms. The topological polar surface area (TPSA) is 43.1 Å². The van der Waals surface area contributed by atoms with Gasteiger partial charge in [0.1, 0.15) is 0 Å². The van der Waals surface area contributed by atoms with Crippen molar-refractivity contribution in [1.82, 2.24) is 0 Å². The van der Waals surface area contributed by atoms with E-state index in [2.05, 4.69) is 0 Å². The number of aryl methyl sites for hydroxylation is 1. The summed E-state index contributed by atoms with van der Waals surface area (Å²) < 4.78 is 0. The van der Waals surface area contributed by atoms with Crippen LogP contribution in [0.2, 0.25) is 5.02 Å². The third-order valence-electron chi connectivity index (χ3n) is 2.94. The highest BCUT2D eigenvalue weighted by molar-refractivity contribution is 6.34. The zero-order valence-electron chi connectivity index (χ0n) is 10.1. The average molecular weight is 260 g/mol. The number of nitrogens with two attached hydrogens (primary N) is 1. The molecule has 2 N–H and O–H groups in total. The van der Waals surface area contributed by atoms with Crippen LogP contribution in [0.25, 0.3) is 0 Å². The summed E-state index contributed by atoms with van der Waals surface area (Å²) in [6, 6.07) is 12.9. The number of carbonyl (C=O) groups excluding carboxylic acids is 1. The van der Waals surface area contributed by atoms with E-state index in [1.165, 1.54) is 0 Å². The van der Waals surface area contributed by atoms with Gasteiger partial charge in [-0.1, -0.05) is 41.9 Å². The van der Waals surface area contributed by atoms with Crippen molar-refractivity contribution in [3.8, 4) is 0 Å².